The minimum absolute atomic E-state index is 0.00565. The third-order valence-electron chi connectivity index (χ3n) is 4.17. The Kier molecular flexibility index (Phi) is 4.24. The van der Waals surface area contributed by atoms with Gasteiger partial charge in [0.15, 0.2) is 0 Å². The van der Waals surface area contributed by atoms with Gasteiger partial charge >= 0.3 is 0 Å². The van der Waals surface area contributed by atoms with Gasteiger partial charge in [0.05, 0.1) is 29.3 Å². The molecule has 2 unspecified atom stereocenters. The maximum atomic E-state index is 12.8. The van der Waals surface area contributed by atoms with Crippen LogP contribution < -0.4 is 0 Å². The monoisotopic (exact) mass is 311 g/mol. The average molecular weight is 312 g/mol. The first kappa shape index (κ1) is 14.2. The van der Waals surface area contributed by atoms with Crippen LogP contribution in [0.2, 0.25) is 5.02 Å². The van der Waals surface area contributed by atoms with Crippen molar-refractivity contribution in [3.63, 3.8) is 0 Å². The number of hydrogen-bond acceptors (Lipinski definition) is 3. The first-order valence-electron chi connectivity index (χ1n) is 7.08. The molecule has 0 spiro atoms. The quantitative estimate of drug-likeness (QED) is 0.805. The molecule has 5 heteroatoms. The highest BCUT2D eigenvalue weighted by molar-refractivity contribution is 7.80. The molecule has 3 nitrogen and oxygen atoms in total. The van der Waals surface area contributed by atoms with E-state index in [1.165, 1.54) is 6.42 Å². The van der Waals surface area contributed by atoms with Crippen LogP contribution in [0, 0.1) is 0 Å². The van der Waals surface area contributed by atoms with Crippen LogP contribution in [0.4, 0.5) is 0 Å². The lowest BCUT2D eigenvalue weighted by Gasteiger charge is -2.43. The number of ether oxygens (including phenoxy) is 1. The van der Waals surface area contributed by atoms with Crippen LogP contribution in [0.15, 0.2) is 23.1 Å². The second-order valence-corrected chi connectivity index (χ2v) is 6.35. The van der Waals surface area contributed by atoms with Gasteiger partial charge in [0.2, 0.25) is 0 Å². The highest BCUT2D eigenvalue weighted by Gasteiger charge is 2.37. The van der Waals surface area contributed by atoms with Crippen molar-refractivity contribution in [2.75, 3.05) is 13.2 Å². The highest BCUT2D eigenvalue weighted by Crippen LogP contribution is 2.31. The first-order chi connectivity index (χ1) is 9.66. The molecule has 108 valence electrons. The van der Waals surface area contributed by atoms with Gasteiger partial charge in [-0.1, -0.05) is 24.4 Å². The normalized spacial score (nSPS) is 26.2. The van der Waals surface area contributed by atoms with Gasteiger partial charge in [-0.05, 0) is 31.0 Å². The van der Waals surface area contributed by atoms with E-state index >= 15 is 0 Å². The van der Waals surface area contributed by atoms with Crippen molar-refractivity contribution < 1.29 is 9.53 Å². The van der Waals surface area contributed by atoms with Crippen molar-refractivity contribution >= 4 is 30.1 Å². The fourth-order valence-electron chi connectivity index (χ4n) is 3.18. The summed E-state index contributed by atoms with van der Waals surface area (Å²) in [4.78, 5) is 15.5. The van der Waals surface area contributed by atoms with Crippen LogP contribution in [0.1, 0.15) is 36.0 Å². The summed E-state index contributed by atoms with van der Waals surface area (Å²) < 4.78 is 5.81. The van der Waals surface area contributed by atoms with E-state index in [4.69, 9.17) is 16.3 Å². The lowest BCUT2D eigenvalue weighted by molar-refractivity contribution is -0.0752. The Morgan fingerprint density at radius 2 is 2.15 bits per heavy atom. The number of carbonyl (C=O) groups is 1. The van der Waals surface area contributed by atoms with Crippen molar-refractivity contribution in [1.82, 2.24) is 4.90 Å². The minimum Gasteiger partial charge on any atom is -0.374 e. The van der Waals surface area contributed by atoms with Crippen molar-refractivity contribution in [3.8, 4) is 0 Å². The summed E-state index contributed by atoms with van der Waals surface area (Å²) in [6.07, 6.45) is 4.62. The van der Waals surface area contributed by atoms with Crippen LogP contribution in [-0.2, 0) is 4.74 Å². The summed E-state index contributed by atoms with van der Waals surface area (Å²) in [7, 11) is 0. The minimum atomic E-state index is 0.00565. The molecule has 1 aliphatic heterocycles. The molecule has 0 N–H and O–H groups in total. The van der Waals surface area contributed by atoms with E-state index in [9.17, 15) is 4.79 Å². The third kappa shape index (κ3) is 2.69. The van der Waals surface area contributed by atoms with Crippen LogP contribution in [0.25, 0.3) is 0 Å². The summed E-state index contributed by atoms with van der Waals surface area (Å²) in [5, 5.41) is 0.492. The molecule has 1 amide bonds. The topological polar surface area (TPSA) is 29.5 Å². The van der Waals surface area contributed by atoms with Crippen molar-refractivity contribution in [2.24, 2.45) is 0 Å². The van der Waals surface area contributed by atoms with E-state index in [-0.39, 0.29) is 18.1 Å². The molecule has 0 bridgehead atoms. The van der Waals surface area contributed by atoms with E-state index in [0.29, 0.717) is 23.7 Å². The number of hydrogen-bond donors (Lipinski definition) is 1. The van der Waals surface area contributed by atoms with Gasteiger partial charge in [-0.15, -0.1) is 12.6 Å². The van der Waals surface area contributed by atoms with E-state index in [1.807, 2.05) is 4.90 Å². The molecule has 3 rings (SSSR count). The van der Waals surface area contributed by atoms with Gasteiger partial charge in [0.25, 0.3) is 5.91 Å². The Hall–Kier alpha value is -0.710. The van der Waals surface area contributed by atoms with Gasteiger partial charge in [-0.2, -0.15) is 0 Å². The zero-order valence-electron chi connectivity index (χ0n) is 11.2. The Labute approximate surface area is 129 Å². The fourth-order valence-corrected chi connectivity index (χ4v) is 3.58. The van der Waals surface area contributed by atoms with E-state index in [1.54, 1.807) is 18.2 Å². The number of fused-ring (bicyclic) bond motifs is 1. The zero-order valence-corrected chi connectivity index (χ0v) is 12.9. The van der Waals surface area contributed by atoms with Crippen molar-refractivity contribution in [3.05, 3.63) is 28.8 Å². The molecule has 1 heterocycles. The number of morpholine rings is 1. The maximum Gasteiger partial charge on any atom is 0.255 e. The number of nitrogens with zero attached hydrogens (tertiary/aromatic N) is 1. The second-order valence-electron chi connectivity index (χ2n) is 5.42. The highest BCUT2D eigenvalue weighted by atomic mass is 35.5. The standard InChI is InChI=1S/C15H18ClNO2S/c16-12-6-5-10(20)9-11(12)15(18)17-7-8-19-14-4-2-1-3-13(14)17/h5-6,9,13-14,20H,1-4,7-8H2. The summed E-state index contributed by atoms with van der Waals surface area (Å²) in [5.74, 6) is 0.00565. The first-order valence-corrected chi connectivity index (χ1v) is 7.90. The van der Waals surface area contributed by atoms with E-state index < -0.39 is 0 Å². The van der Waals surface area contributed by atoms with Crippen LogP contribution in [-0.4, -0.2) is 36.1 Å². The summed E-state index contributed by atoms with van der Waals surface area (Å²) in [6, 6.07) is 5.48. The lowest BCUT2D eigenvalue weighted by atomic mass is 9.89. The molecule has 1 saturated carbocycles. The van der Waals surface area contributed by atoms with Gasteiger partial charge in [-0.3, -0.25) is 4.79 Å². The summed E-state index contributed by atoms with van der Waals surface area (Å²) >= 11 is 10.5. The molecular formula is C15H18ClNO2S. The molecule has 1 aliphatic carbocycles. The SMILES string of the molecule is O=C(c1cc(S)ccc1Cl)N1CCOC2CCCCC21. The Morgan fingerprint density at radius 1 is 1.35 bits per heavy atom. The zero-order chi connectivity index (χ0) is 14.1. The largest absolute Gasteiger partial charge is 0.374 e. The average Bonchev–Trinajstić information content (AvgIpc) is 2.48. The van der Waals surface area contributed by atoms with E-state index in [0.717, 1.165) is 24.2 Å². The predicted octanol–water partition coefficient (Wildman–Crippen LogP) is 3.41. The third-order valence-corrected chi connectivity index (χ3v) is 4.78. The molecule has 0 aromatic heterocycles. The predicted molar refractivity (Wildman–Crippen MR) is 81.7 cm³/mol. The molecule has 1 saturated heterocycles. The number of benzene rings is 1. The number of carbonyl (C=O) groups excluding carboxylic acids is 1. The van der Waals surface area contributed by atoms with Crippen LogP contribution in [0.3, 0.4) is 0 Å². The molecule has 2 atom stereocenters. The fraction of sp³-hybridized carbons (Fsp3) is 0.533. The molecule has 20 heavy (non-hydrogen) atoms. The molecule has 1 aromatic carbocycles. The molecule has 1 aromatic rings. The molecular weight excluding hydrogens is 294 g/mol. The van der Waals surface area contributed by atoms with E-state index in [2.05, 4.69) is 12.6 Å². The van der Waals surface area contributed by atoms with Gasteiger partial charge in [0.1, 0.15) is 0 Å². The number of rotatable bonds is 1. The second kappa shape index (κ2) is 5.96. The Morgan fingerprint density at radius 3 is 3.00 bits per heavy atom. The smallest absolute Gasteiger partial charge is 0.255 e. The van der Waals surface area contributed by atoms with Crippen LogP contribution >= 0.6 is 24.2 Å². The molecule has 2 fully saturated rings. The lowest BCUT2D eigenvalue weighted by Crippen LogP contribution is -2.54. The summed E-state index contributed by atoms with van der Waals surface area (Å²) in [6.45, 7) is 1.26. The number of thiol groups is 1. The maximum absolute atomic E-state index is 12.8. The Balaban J connectivity index is 1.87. The van der Waals surface area contributed by atoms with Crippen molar-refractivity contribution in [1.29, 1.82) is 0 Å². The van der Waals surface area contributed by atoms with Gasteiger partial charge < -0.3 is 9.64 Å². The summed E-state index contributed by atoms with van der Waals surface area (Å²) in [5.41, 5.74) is 0.547. The number of halogens is 1. The molecule has 2 aliphatic rings. The molecule has 0 radical (unpaired) electrons. The van der Waals surface area contributed by atoms with Gasteiger partial charge in [-0.25, -0.2) is 0 Å². The number of amides is 1. The Bertz CT molecular complexity index is 521. The van der Waals surface area contributed by atoms with Crippen molar-refractivity contribution in [2.45, 2.75) is 42.7 Å². The van der Waals surface area contributed by atoms with Gasteiger partial charge in [0, 0.05) is 11.4 Å². The van der Waals surface area contributed by atoms with Crippen LogP contribution in [0.5, 0.6) is 0 Å².